The van der Waals surface area contributed by atoms with E-state index in [2.05, 4.69) is 9.97 Å². The first-order valence-corrected chi connectivity index (χ1v) is 5.68. The summed E-state index contributed by atoms with van der Waals surface area (Å²) < 4.78 is 38.5. The number of alkyl halides is 3. The minimum atomic E-state index is -4.47. The van der Waals surface area contributed by atoms with Gasteiger partial charge < -0.3 is 4.90 Å². The highest BCUT2D eigenvalue weighted by Crippen LogP contribution is 2.40. The van der Waals surface area contributed by atoms with Crippen LogP contribution in [0.4, 0.5) is 24.7 Å². The molecule has 1 aromatic rings. The summed E-state index contributed by atoms with van der Waals surface area (Å²) in [5.41, 5.74) is -0.694. The molecule has 0 N–H and O–H groups in total. The van der Waals surface area contributed by atoms with Gasteiger partial charge in [0.2, 0.25) is 11.0 Å². The molecule has 6 nitrogen and oxygen atoms in total. The molecule has 10 heteroatoms. The van der Waals surface area contributed by atoms with Gasteiger partial charge in [0.15, 0.2) is 0 Å². The van der Waals surface area contributed by atoms with Crippen LogP contribution in [0.3, 0.4) is 0 Å². The second-order valence-electron chi connectivity index (χ2n) is 3.99. The van der Waals surface area contributed by atoms with Gasteiger partial charge in [-0.05, 0) is 12.8 Å². The van der Waals surface area contributed by atoms with Crippen LogP contribution in [0, 0.1) is 10.1 Å². The highest BCUT2D eigenvalue weighted by Gasteiger charge is 2.48. The normalized spacial score (nSPS) is 19.8. The minimum absolute atomic E-state index is 0.0400. The molecular weight excluding hydrogens is 289 g/mol. The molecule has 2 heterocycles. The standard InChI is InChI=1S/C9H8ClF3N4O2/c10-7-6(17(18)19)8(15-4-14-7)16-3-1-2-5(16)9(11,12)13/h4-5H,1-3H2/t5-/m1/s1. The Labute approximate surface area is 110 Å². The van der Waals surface area contributed by atoms with Crippen molar-refractivity contribution in [2.24, 2.45) is 0 Å². The lowest BCUT2D eigenvalue weighted by Crippen LogP contribution is -2.42. The summed E-state index contributed by atoms with van der Waals surface area (Å²) >= 11 is 5.56. The van der Waals surface area contributed by atoms with Crippen LogP contribution < -0.4 is 4.90 Å². The smallest absolute Gasteiger partial charge is 0.339 e. The van der Waals surface area contributed by atoms with E-state index in [1.807, 2.05) is 0 Å². The first kappa shape index (κ1) is 13.8. The molecule has 1 aliphatic rings. The van der Waals surface area contributed by atoms with E-state index in [9.17, 15) is 23.3 Å². The molecule has 0 unspecified atom stereocenters. The summed E-state index contributed by atoms with van der Waals surface area (Å²) in [6.07, 6.45) is -3.40. The van der Waals surface area contributed by atoms with Crippen molar-refractivity contribution in [2.45, 2.75) is 25.1 Å². The van der Waals surface area contributed by atoms with Crippen LogP contribution in [0.2, 0.25) is 5.15 Å². The number of nitrogens with zero attached hydrogens (tertiary/aromatic N) is 4. The molecule has 0 aliphatic carbocycles. The van der Waals surface area contributed by atoms with E-state index >= 15 is 0 Å². The molecule has 0 radical (unpaired) electrons. The number of hydrogen-bond donors (Lipinski definition) is 0. The van der Waals surface area contributed by atoms with Crippen LogP contribution in [-0.2, 0) is 0 Å². The number of anilines is 1. The van der Waals surface area contributed by atoms with Crippen LogP contribution in [0.1, 0.15) is 12.8 Å². The van der Waals surface area contributed by atoms with Crippen molar-refractivity contribution in [3.63, 3.8) is 0 Å². The van der Waals surface area contributed by atoms with Crippen molar-refractivity contribution in [3.05, 3.63) is 21.6 Å². The predicted molar refractivity (Wildman–Crippen MR) is 60.1 cm³/mol. The van der Waals surface area contributed by atoms with Crippen molar-refractivity contribution >= 4 is 23.1 Å². The van der Waals surface area contributed by atoms with Crippen LogP contribution in [0.5, 0.6) is 0 Å². The lowest BCUT2D eigenvalue weighted by Gasteiger charge is -2.26. The number of halogens is 4. The molecule has 1 aromatic heterocycles. The molecule has 1 aliphatic heterocycles. The first-order valence-electron chi connectivity index (χ1n) is 5.30. The summed E-state index contributed by atoms with van der Waals surface area (Å²) in [7, 11) is 0. The zero-order valence-corrected chi connectivity index (χ0v) is 10.1. The van der Waals surface area contributed by atoms with Gasteiger partial charge in [-0.3, -0.25) is 10.1 Å². The largest absolute Gasteiger partial charge is 0.408 e. The number of rotatable bonds is 2. The third-order valence-electron chi connectivity index (χ3n) is 2.84. The zero-order chi connectivity index (χ0) is 14.2. The van der Waals surface area contributed by atoms with Gasteiger partial charge in [0.1, 0.15) is 12.4 Å². The van der Waals surface area contributed by atoms with Crippen molar-refractivity contribution in [1.29, 1.82) is 0 Å². The maximum atomic E-state index is 12.8. The molecule has 1 fully saturated rings. The molecule has 0 aromatic carbocycles. The molecule has 1 atom stereocenters. The van der Waals surface area contributed by atoms with Gasteiger partial charge in [-0.25, -0.2) is 9.97 Å². The lowest BCUT2D eigenvalue weighted by molar-refractivity contribution is -0.384. The monoisotopic (exact) mass is 296 g/mol. The van der Waals surface area contributed by atoms with Crippen molar-refractivity contribution in [1.82, 2.24) is 9.97 Å². The third-order valence-corrected chi connectivity index (χ3v) is 3.12. The molecule has 0 amide bonds. The molecule has 104 valence electrons. The van der Waals surface area contributed by atoms with Crippen LogP contribution >= 0.6 is 11.6 Å². The van der Waals surface area contributed by atoms with Crippen molar-refractivity contribution in [2.75, 3.05) is 11.4 Å². The van der Waals surface area contributed by atoms with Crippen molar-refractivity contribution < 1.29 is 18.1 Å². The SMILES string of the molecule is O=[N+]([O-])c1c(Cl)ncnc1N1CCC[C@@H]1C(F)(F)F. The van der Waals surface area contributed by atoms with E-state index in [0.29, 0.717) is 0 Å². The number of nitro groups is 1. The van der Waals surface area contributed by atoms with Gasteiger partial charge in [-0.2, -0.15) is 13.2 Å². The van der Waals surface area contributed by atoms with Gasteiger partial charge in [0.05, 0.1) is 4.92 Å². The molecule has 19 heavy (non-hydrogen) atoms. The topological polar surface area (TPSA) is 72.2 Å². The van der Waals surface area contributed by atoms with Crippen molar-refractivity contribution in [3.8, 4) is 0 Å². The Hall–Kier alpha value is -1.64. The summed E-state index contributed by atoms with van der Waals surface area (Å²) in [6.45, 7) is 0.0400. The fourth-order valence-electron chi connectivity index (χ4n) is 2.08. The minimum Gasteiger partial charge on any atom is -0.339 e. The highest BCUT2D eigenvalue weighted by molar-refractivity contribution is 6.31. The Morgan fingerprint density at radius 3 is 2.74 bits per heavy atom. The summed E-state index contributed by atoms with van der Waals surface area (Å²) in [5.74, 6) is -0.384. The summed E-state index contributed by atoms with van der Waals surface area (Å²) in [5, 5.41) is 10.4. The molecule has 0 saturated carbocycles. The lowest BCUT2D eigenvalue weighted by atomic mass is 10.2. The fourth-order valence-corrected chi connectivity index (χ4v) is 2.27. The highest BCUT2D eigenvalue weighted by atomic mass is 35.5. The van der Waals surface area contributed by atoms with E-state index in [0.717, 1.165) is 11.2 Å². The van der Waals surface area contributed by atoms with Gasteiger partial charge in [0, 0.05) is 6.54 Å². The van der Waals surface area contributed by atoms with Crippen LogP contribution in [0.25, 0.3) is 0 Å². The number of hydrogen-bond acceptors (Lipinski definition) is 5. The third kappa shape index (κ3) is 2.55. The molecular formula is C9H8ClF3N4O2. The Morgan fingerprint density at radius 2 is 2.16 bits per heavy atom. The molecule has 0 bridgehead atoms. The fraction of sp³-hybridized carbons (Fsp3) is 0.556. The molecule has 1 saturated heterocycles. The zero-order valence-electron chi connectivity index (χ0n) is 9.39. The Morgan fingerprint density at radius 1 is 1.47 bits per heavy atom. The predicted octanol–water partition coefficient (Wildman–Crippen LogP) is 2.57. The first-order chi connectivity index (χ1) is 8.82. The summed E-state index contributed by atoms with van der Waals surface area (Å²) in [6, 6.07) is -1.78. The van der Waals surface area contributed by atoms with Gasteiger partial charge in [-0.1, -0.05) is 11.6 Å². The second kappa shape index (κ2) is 4.80. The Bertz CT molecular complexity index is 511. The van der Waals surface area contributed by atoms with E-state index in [1.165, 1.54) is 0 Å². The quantitative estimate of drug-likeness (QED) is 0.476. The van der Waals surface area contributed by atoms with E-state index in [-0.39, 0.29) is 25.2 Å². The maximum Gasteiger partial charge on any atom is 0.408 e. The Balaban J connectivity index is 2.47. The van der Waals surface area contributed by atoms with Crippen LogP contribution in [0.15, 0.2) is 6.33 Å². The van der Waals surface area contributed by atoms with E-state index in [4.69, 9.17) is 11.6 Å². The van der Waals surface area contributed by atoms with E-state index < -0.39 is 28.0 Å². The second-order valence-corrected chi connectivity index (χ2v) is 4.34. The molecule has 0 spiro atoms. The Kier molecular flexibility index (Phi) is 3.48. The summed E-state index contributed by atoms with van der Waals surface area (Å²) in [4.78, 5) is 17.9. The average Bonchev–Trinajstić information content (AvgIpc) is 2.76. The van der Waals surface area contributed by atoms with Gasteiger partial charge in [0.25, 0.3) is 0 Å². The molecule has 2 rings (SSSR count). The average molecular weight is 297 g/mol. The number of aromatic nitrogens is 2. The maximum absolute atomic E-state index is 12.8. The van der Waals surface area contributed by atoms with E-state index in [1.54, 1.807) is 0 Å². The van der Waals surface area contributed by atoms with Crippen LogP contribution in [-0.4, -0.2) is 33.7 Å². The van der Waals surface area contributed by atoms with Gasteiger partial charge >= 0.3 is 11.9 Å². The van der Waals surface area contributed by atoms with Gasteiger partial charge in [-0.15, -0.1) is 0 Å².